The Hall–Kier alpha value is -2.08. The lowest BCUT2D eigenvalue weighted by molar-refractivity contribution is -0.170. The van der Waals surface area contributed by atoms with Crippen LogP contribution in [0.15, 0.2) is 30.3 Å². The molecular weight excluding hydrogens is 372 g/mol. The third-order valence-corrected chi connectivity index (χ3v) is 4.89. The second-order valence-corrected chi connectivity index (χ2v) is 8.56. The van der Waals surface area contributed by atoms with Crippen LogP contribution in [0.3, 0.4) is 0 Å². The number of rotatable bonds is 5. The highest BCUT2D eigenvalue weighted by molar-refractivity contribution is 5.80. The fraction of sp³-hybridized carbons (Fsp3) is 0.652. The fourth-order valence-electron chi connectivity index (χ4n) is 3.43. The van der Waals surface area contributed by atoms with Gasteiger partial charge >= 0.3 is 11.9 Å². The highest BCUT2D eigenvalue weighted by Crippen LogP contribution is 2.26. The largest absolute Gasteiger partial charge is 0.486 e. The molecule has 29 heavy (non-hydrogen) atoms. The van der Waals surface area contributed by atoms with Gasteiger partial charge in [-0.05, 0) is 52.7 Å². The lowest BCUT2D eigenvalue weighted by Crippen LogP contribution is -2.43. The van der Waals surface area contributed by atoms with E-state index in [1.165, 1.54) is 0 Å². The van der Waals surface area contributed by atoms with Gasteiger partial charge in [-0.3, -0.25) is 9.59 Å². The Balaban J connectivity index is 2.11. The van der Waals surface area contributed by atoms with Crippen LogP contribution in [-0.4, -0.2) is 43.0 Å². The van der Waals surface area contributed by atoms with Crippen molar-refractivity contribution in [3.63, 3.8) is 0 Å². The van der Waals surface area contributed by atoms with Gasteiger partial charge in [-0.15, -0.1) is 0 Å². The van der Waals surface area contributed by atoms with Gasteiger partial charge in [0.15, 0.2) is 0 Å². The summed E-state index contributed by atoms with van der Waals surface area (Å²) < 4.78 is 23.0. The van der Waals surface area contributed by atoms with Crippen molar-refractivity contribution in [2.45, 2.75) is 71.7 Å². The quantitative estimate of drug-likeness (QED) is 0.684. The van der Waals surface area contributed by atoms with Crippen molar-refractivity contribution in [1.29, 1.82) is 0 Å². The monoisotopic (exact) mass is 406 g/mol. The average Bonchev–Trinajstić information content (AvgIpc) is 2.64. The predicted molar refractivity (Wildman–Crippen MR) is 110 cm³/mol. The summed E-state index contributed by atoms with van der Waals surface area (Å²) in [6, 6.07) is 9.53. The predicted octanol–water partition coefficient (Wildman–Crippen LogP) is 4.16. The van der Waals surface area contributed by atoms with E-state index in [-0.39, 0.29) is 25.0 Å². The zero-order chi connectivity index (χ0) is 21.4. The van der Waals surface area contributed by atoms with E-state index in [4.69, 9.17) is 18.9 Å². The Kier molecular flexibility index (Phi) is 8.50. The van der Waals surface area contributed by atoms with E-state index in [2.05, 4.69) is 6.92 Å². The topological polar surface area (TPSA) is 71.1 Å². The van der Waals surface area contributed by atoms with Crippen LogP contribution in [0.2, 0.25) is 0 Å². The first-order valence-electron chi connectivity index (χ1n) is 10.4. The molecule has 0 unspecified atom stereocenters. The standard InChI is InChI=1S/C23H34O6/c1-6-17-12-13-26-15-18(14-20(24)29-23(3,4)5)22(25)27-16(2)21(17)28-19-10-8-7-9-11-19/h7-11,16-18,21H,6,12-15H2,1-5H3/t16-,17-,18-,21-/m0/s1. The SMILES string of the molecule is CC[C@H]1CCOC[C@H](CC(=O)OC(C)(C)C)C(=O)O[C@@H](C)[C@@H]1Oc1ccccc1. The smallest absolute Gasteiger partial charge is 0.312 e. The van der Waals surface area contributed by atoms with Gasteiger partial charge in [0, 0.05) is 12.5 Å². The van der Waals surface area contributed by atoms with Crippen LogP contribution < -0.4 is 4.74 Å². The van der Waals surface area contributed by atoms with E-state index in [9.17, 15) is 9.59 Å². The molecule has 0 aromatic heterocycles. The Morgan fingerprint density at radius 2 is 1.90 bits per heavy atom. The third kappa shape index (κ3) is 7.69. The van der Waals surface area contributed by atoms with Gasteiger partial charge in [-0.2, -0.15) is 0 Å². The summed E-state index contributed by atoms with van der Waals surface area (Å²) in [6.07, 6.45) is 0.853. The first kappa shape index (κ1) is 23.2. The van der Waals surface area contributed by atoms with E-state index < -0.39 is 29.6 Å². The Labute approximate surface area is 173 Å². The molecular formula is C23H34O6. The van der Waals surface area contributed by atoms with Crippen LogP contribution in [0.1, 0.15) is 53.9 Å². The number of carbonyl (C=O) groups is 2. The molecule has 2 rings (SSSR count). The fourth-order valence-corrected chi connectivity index (χ4v) is 3.43. The molecule has 1 fully saturated rings. The lowest BCUT2D eigenvalue weighted by atomic mass is 9.92. The molecule has 0 amide bonds. The summed E-state index contributed by atoms with van der Waals surface area (Å²) in [4.78, 5) is 25.0. The summed E-state index contributed by atoms with van der Waals surface area (Å²) in [5.74, 6) is -0.663. The second kappa shape index (κ2) is 10.6. The van der Waals surface area contributed by atoms with Gasteiger partial charge < -0.3 is 18.9 Å². The number of hydrogen-bond acceptors (Lipinski definition) is 6. The average molecular weight is 407 g/mol. The molecule has 0 radical (unpaired) electrons. The molecule has 6 heteroatoms. The van der Waals surface area contributed by atoms with Gasteiger partial charge in [0.2, 0.25) is 0 Å². The van der Waals surface area contributed by atoms with Crippen molar-refractivity contribution >= 4 is 11.9 Å². The van der Waals surface area contributed by atoms with Crippen molar-refractivity contribution in [2.24, 2.45) is 11.8 Å². The van der Waals surface area contributed by atoms with E-state index in [0.29, 0.717) is 6.61 Å². The summed E-state index contributed by atoms with van der Waals surface area (Å²) in [5.41, 5.74) is -0.603. The maximum atomic E-state index is 12.8. The second-order valence-electron chi connectivity index (χ2n) is 8.56. The molecule has 1 aliphatic heterocycles. The van der Waals surface area contributed by atoms with Crippen LogP contribution >= 0.6 is 0 Å². The van der Waals surface area contributed by atoms with Crippen LogP contribution in [-0.2, 0) is 23.8 Å². The molecule has 0 N–H and O–H groups in total. The normalized spacial score (nSPS) is 26.3. The molecule has 0 bridgehead atoms. The zero-order valence-electron chi connectivity index (χ0n) is 18.2. The van der Waals surface area contributed by atoms with Crippen molar-refractivity contribution in [3.05, 3.63) is 30.3 Å². The maximum Gasteiger partial charge on any atom is 0.312 e. The van der Waals surface area contributed by atoms with Crippen molar-refractivity contribution < 1.29 is 28.5 Å². The van der Waals surface area contributed by atoms with E-state index in [1.807, 2.05) is 37.3 Å². The molecule has 1 aromatic carbocycles. The van der Waals surface area contributed by atoms with Crippen molar-refractivity contribution in [2.75, 3.05) is 13.2 Å². The van der Waals surface area contributed by atoms with Gasteiger partial charge in [0.25, 0.3) is 0 Å². The number of cyclic esters (lactones) is 1. The van der Waals surface area contributed by atoms with Gasteiger partial charge in [-0.25, -0.2) is 0 Å². The first-order valence-corrected chi connectivity index (χ1v) is 10.4. The van der Waals surface area contributed by atoms with Gasteiger partial charge in [-0.1, -0.05) is 25.1 Å². The van der Waals surface area contributed by atoms with Gasteiger partial charge in [0.1, 0.15) is 23.6 Å². The molecule has 0 spiro atoms. The summed E-state index contributed by atoms with van der Waals surface area (Å²) in [7, 11) is 0. The van der Waals surface area contributed by atoms with E-state index >= 15 is 0 Å². The molecule has 162 valence electrons. The summed E-state index contributed by atoms with van der Waals surface area (Å²) >= 11 is 0. The molecule has 0 saturated carbocycles. The van der Waals surface area contributed by atoms with Gasteiger partial charge in [0.05, 0.1) is 18.9 Å². The molecule has 1 saturated heterocycles. The minimum atomic E-state index is -0.692. The van der Waals surface area contributed by atoms with E-state index in [1.54, 1.807) is 20.8 Å². The van der Waals surface area contributed by atoms with Crippen LogP contribution in [0.5, 0.6) is 5.75 Å². The number of hydrogen-bond donors (Lipinski definition) is 0. The highest BCUT2D eigenvalue weighted by Gasteiger charge is 2.35. The molecule has 1 aliphatic rings. The first-order chi connectivity index (χ1) is 13.7. The summed E-state index contributed by atoms with van der Waals surface area (Å²) in [5, 5.41) is 0. The molecule has 1 heterocycles. The van der Waals surface area contributed by atoms with Crippen LogP contribution in [0.4, 0.5) is 0 Å². The number of ether oxygens (including phenoxy) is 4. The summed E-state index contributed by atoms with van der Waals surface area (Å²) in [6.45, 7) is 9.98. The molecule has 6 nitrogen and oxygen atoms in total. The Morgan fingerprint density at radius 1 is 1.21 bits per heavy atom. The Morgan fingerprint density at radius 3 is 2.52 bits per heavy atom. The Bertz CT molecular complexity index is 651. The van der Waals surface area contributed by atoms with E-state index in [0.717, 1.165) is 18.6 Å². The minimum Gasteiger partial charge on any atom is -0.486 e. The zero-order valence-corrected chi connectivity index (χ0v) is 18.2. The lowest BCUT2D eigenvalue weighted by Gasteiger charge is -2.33. The van der Waals surface area contributed by atoms with Crippen molar-refractivity contribution in [3.8, 4) is 5.75 Å². The van der Waals surface area contributed by atoms with Crippen LogP contribution in [0.25, 0.3) is 0 Å². The third-order valence-electron chi connectivity index (χ3n) is 4.89. The maximum absolute atomic E-state index is 12.8. The molecule has 4 atom stereocenters. The number of para-hydroxylation sites is 1. The van der Waals surface area contributed by atoms with Crippen LogP contribution in [0, 0.1) is 11.8 Å². The molecule has 1 aromatic rings. The number of esters is 2. The number of carbonyl (C=O) groups excluding carboxylic acids is 2. The number of benzene rings is 1. The minimum absolute atomic E-state index is 0.0652. The molecule has 0 aliphatic carbocycles. The highest BCUT2D eigenvalue weighted by atomic mass is 16.6. The van der Waals surface area contributed by atoms with Crippen molar-refractivity contribution in [1.82, 2.24) is 0 Å².